The van der Waals surface area contributed by atoms with Crippen LogP contribution in [0.5, 0.6) is 0 Å². The molecule has 10 heteroatoms. The van der Waals surface area contributed by atoms with Gasteiger partial charge in [-0.1, -0.05) is 17.7 Å². The van der Waals surface area contributed by atoms with E-state index in [0.717, 1.165) is 23.5 Å². The maximum atomic E-state index is 14.3. The molecule has 0 radical (unpaired) electrons. The number of hydrogen-bond acceptors (Lipinski definition) is 3. The highest BCUT2D eigenvalue weighted by molar-refractivity contribution is 7.16. The first-order chi connectivity index (χ1) is 14.6. The van der Waals surface area contributed by atoms with Gasteiger partial charge in [0.15, 0.2) is 11.6 Å². The molecule has 160 valence electrons. The lowest BCUT2D eigenvalue weighted by Crippen LogP contribution is -2.05. The third-order valence-corrected chi connectivity index (χ3v) is 6.07. The van der Waals surface area contributed by atoms with Crippen LogP contribution in [0.25, 0.3) is 33.2 Å². The van der Waals surface area contributed by atoms with Crippen LogP contribution in [-0.4, -0.2) is 14.8 Å². The Morgan fingerprint density at radius 3 is 2.42 bits per heavy atom. The van der Waals surface area contributed by atoms with E-state index in [-0.39, 0.29) is 22.0 Å². The molecule has 0 bridgehead atoms. The number of nitrogens with zero attached hydrogens (tertiary/aromatic N) is 3. The van der Waals surface area contributed by atoms with Crippen molar-refractivity contribution in [1.29, 1.82) is 0 Å². The summed E-state index contributed by atoms with van der Waals surface area (Å²) < 4.78 is 69.2. The third kappa shape index (κ3) is 3.95. The monoisotopic (exact) mass is 469 g/mol. The van der Waals surface area contributed by atoms with Gasteiger partial charge < -0.3 is 0 Å². The zero-order chi connectivity index (χ0) is 22.5. The predicted molar refractivity (Wildman–Crippen MR) is 110 cm³/mol. The van der Waals surface area contributed by atoms with Crippen molar-refractivity contribution in [2.24, 2.45) is 7.05 Å². The zero-order valence-electron chi connectivity index (χ0n) is 16.1. The standard InChI is InChI=1S/C21H13ClF5N3S/c1-10-12(9-17(31-10)13-8-11(21(25,26)27)6-7-15(13)23)20-28-19(29-30(20)2)18-14(22)4-3-5-16(18)24/h3-9H,1-2H3. The summed E-state index contributed by atoms with van der Waals surface area (Å²) in [6.07, 6.45) is -4.59. The molecular weight excluding hydrogens is 457 g/mol. The molecule has 0 atom stereocenters. The van der Waals surface area contributed by atoms with Crippen LogP contribution in [0.4, 0.5) is 22.0 Å². The van der Waals surface area contributed by atoms with Crippen molar-refractivity contribution in [3.63, 3.8) is 0 Å². The predicted octanol–water partition coefficient (Wildman–Crippen LogP) is 7.14. The minimum atomic E-state index is -4.59. The van der Waals surface area contributed by atoms with Gasteiger partial charge in [-0.2, -0.15) is 18.3 Å². The van der Waals surface area contributed by atoms with Crippen LogP contribution >= 0.6 is 22.9 Å². The van der Waals surface area contributed by atoms with E-state index in [9.17, 15) is 22.0 Å². The Hall–Kier alpha value is -2.78. The number of hydrogen-bond donors (Lipinski definition) is 0. The summed E-state index contributed by atoms with van der Waals surface area (Å²) in [6.45, 7) is 1.74. The molecule has 0 saturated heterocycles. The van der Waals surface area contributed by atoms with Crippen molar-refractivity contribution >= 4 is 22.9 Å². The molecule has 0 spiro atoms. The van der Waals surface area contributed by atoms with Crippen molar-refractivity contribution in [3.8, 4) is 33.2 Å². The van der Waals surface area contributed by atoms with E-state index in [1.54, 1.807) is 20.0 Å². The normalized spacial score (nSPS) is 11.9. The summed E-state index contributed by atoms with van der Waals surface area (Å²) in [5.41, 5.74) is -0.506. The first-order valence-corrected chi connectivity index (χ1v) is 10.1. The molecule has 2 heterocycles. The number of alkyl halides is 3. The fraction of sp³-hybridized carbons (Fsp3) is 0.143. The second-order valence-corrected chi connectivity index (χ2v) is 8.42. The number of benzene rings is 2. The van der Waals surface area contributed by atoms with Crippen LogP contribution in [0.1, 0.15) is 10.4 Å². The molecule has 0 aliphatic heterocycles. The molecular formula is C21H13ClF5N3S. The highest BCUT2D eigenvalue weighted by atomic mass is 35.5. The van der Waals surface area contributed by atoms with Crippen molar-refractivity contribution in [3.05, 3.63) is 69.6 Å². The highest BCUT2D eigenvalue weighted by Crippen LogP contribution is 2.40. The van der Waals surface area contributed by atoms with Gasteiger partial charge in [0.25, 0.3) is 0 Å². The maximum Gasteiger partial charge on any atom is 0.416 e. The molecule has 2 aromatic heterocycles. The molecule has 2 aromatic carbocycles. The van der Waals surface area contributed by atoms with E-state index in [1.165, 1.54) is 22.9 Å². The fourth-order valence-electron chi connectivity index (χ4n) is 3.16. The van der Waals surface area contributed by atoms with Crippen molar-refractivity contribution < 1.29 is 22.0 Å². The number of aromatic nitrogens is 3. The highest BCUT2D eigenvalue weighted by Gasteiger charge is 2.31. The van der Waals surface area contributed by atoms with Gasteiger partial charge in [-0.25, -0.2) is 18.4 Å². The summed E-state index contributed by atoms with van der Waals surface area (Å²) in [5, 5.41) is 4.37. The average Bonchev–Trinajstić information content (AvgIpc) is 3.23. The van der Waals surface area contributed by atoms with E-state index < -0.39 is 23.4 Å². The summed E-state index contributed by atoms with van der Waals surface area (Å²) in [7, 11) is 1.60. The van der Waals surface area contributed by atoms with Gasteiger partial charge in [-0.3, -0.25) is 0 Å². The van der Waals surface area contributed by atoms with Crippen LogP contribution in [0, 0.1) is 18.6 Å². The van der Waals surface area contributed by atoms with E-state index in [0.29, 0.717) is 27.2 Å². The number of rotatable bonds is 3. The lowest BCUT2D eigenvalue weighted by Gasteiger charge is -2.08. The summed E-state index contributed by atoms with van der Waals surface area (Å²) in [5.74, 6) is -0.935. The molecule has 4 rings (SSSR count). The smallest absolute Gasteiger partial charge is 0.248 e. The number of halogens is 6. The SMILES string of the molecule is Cc1sc(-c2cc(C(F)(F)F)ccc2F)cc1-c1nc(-c2c(F)cccc2Cl)nn1C. The zero-order valence-corrected chi connectivity index (χ0v) is 17.6. The van der Waals surface area contributed by atoms with Gasteiger partial charge in [0, 0.05) is 27.9 Å². The summed E-state index contributed by atoms with van der Waals surface area (Å²) in [4.78, 5) is 5.38. The Labute approximate surface area is 182 Å². The topological polar surface area (TPSA) is 30.7 Å². The second kappa shape index (κ2) is 7.72. The third-order valence-electron chi connectivity index (χ3n) is 4.67. The summed E-state index contributed by atoms with van der Waals surface area (Å²) >= 11 is 7.22. The first-order valence-electron chi connectivity index (χ1n) is 8.89. The Bertz CT molecular complexity index is 1270. The van der Waals surface area contributed by atoms with Crippen LogP contribution in [0.3, 0.4) is 0 Å². The molecule has 3 nitrogen and oxygen atoms in total. The molecule has 0 aliphatic carbocycles. The minimum Gasteiger partial charge on any atom is -0.248 e. The molecule has 0 aliphatic rings. The fourth-order valence-corrected chi connectivity index (χ4v) is 4.44. The van der Waals surface area contributed by atoms with Crippen molar-refractivity contribution in [2.75, 3.05) is 0 Å². The quantitative estimate of drug-likeness (QED) is 0.299. The largest absolute Gasteiger partial charge is 0.416 e. The van der Waals surface area contributed by atoms with E-state index in [1.807, 2.05) is 0 Å². The molecule has 0 amide bonds. The van der Waals surface area contributed by atoms with Crippen LogP contribution in [0.2, 0.25) is 5.02 Å². The minimum absolute atomic E-state index is 0.0445. The Kier molecular flexibility index (Phi) is 5.35. The lowest BCUT2D eigenvalue weighted by molar-refractivity contribution is -0.137. The maximum absolute atomic E-state index is 14.3. The number of thiophene rings is 1. The molecule has 0 saturated carbocycles. The molecule has 0 N–H and O–H groups in total. The second-order valence-electron chi connectivity index (χ2n) is 6.75. The van der Waals surface area contributed by atoms with Crippen LogP contribution < -0.4 is 0 Å². The van der Waals surface area contributed by atoms with Crippen LogP contribution in [-0.2, 0) is 13.2 Å². The Morgan fingerprint density at radius 2 is 1.74 bits per heavy atom. The van der Waals surface area contributed by atoms with Gasteiger partial charge >= 0.3 is 6.18 Å². The average molecular weight is 470 g/mol. The summed E-state index contributed by atoms with van der Waals surface area (Å²) in [6, 6.07) is 8.05. The molecule has 0 unspecified atom stereocenters. The Balaban J connectivity index is 1.81. The Morgan fingerprint density at radius 1 is 1.00 bits per heavy atom. The first kappa shape index (κ1) is 21.5. The van der Waals surface area contributed by atoms with Gasteiger partial charge in [-0.05, 0) is 43.3 Å². The molecule has 0 fully saturated rings. The van der Waals surface area contributed by atoms with Gasteiger partial charge in [0.1, 0.15) is 11.6 Å². The van der Waals surface area contributed by atoms with Crippen LogP contribution in [0.15, 0.2) is 42.5 Å². The van der Waals surface area contributed by atoms with Gasteiger partial charge in [-0.15, -0.1) is 11.3 Å². The van der Waals surface area contributed by atoms with E-state index in [2.05, 4.69) is 10.1 Å². The van der Waals surface area contributed by atoms with Crippen molar-refractivity contribution in [1.82, 2.24) is 14.8 Å². The van der Waals surface area contributed by atoms with Gasteiger partial charge in [0.05, 0.1) is 16.1 Å². The molecule has 31 heavy (non-hydrogen) atoms. The lowest BCUT2D eigenvalue weighted by atomic mass is 10.1. The number of aryl methyl sites for hydroxylation is 2. The molecule has 4 aromatic rings. The van der Waals surface area contributed by atoms with E-state index in [4.69, 9.17) is 11.6 Å². The van der Waals surface area contributed by atoms with E-state index >= 15 is 0 Å². The van der Waals surface area contributed by atoms with Crippen molar-refractivity contribution in [2.45, 2.75) is 13.1 Å². The van der Waals surface area contributed by atoms with Gasteiger partial charge in [0.2, 0.25) is 0 Å².